The number of halogens is 1. The van der Waals surface area contributed by atoms with Crippen LogP contribution in [0.5, 0.6) is 0 Å². The van der Waals surface area contributed by atoms with E-state index >= 15 is 0 Å². The molecule has 106 valence electrons. The maximum Gasteiger partial charge on any atom is 0.338 e. The van der Waals surface area contributed by atoms with Crippen LogP contribution >= 0.6 is 11.3 Å². The summed E-state index contributed by atoms with van der Waals surface area (Å²) in [5.74, 6) is -0.527. The molecule has 0 radical (unpaired) electrons. The van der Waals surface area contributed by atoms with Crippen LogP contribution in [0.15, 0.2) is 45.6 Å². The van der Waals surface area contributed by atoms with Gasteiger partial charge in [0.05, 0.1) is 5.56 Å². The van der Waals surface area contributed by atoms with E-state index in [1.807, 2.05) is 16.8 Å². The van der Waals surface area contributed by atoms with E-state index in [2.05, 4.69) is 10.1 Å². The highest BCUT2D eigenvalue weighted by Crippen LogP contribution is 2.19. The highest BCUT2D eigenvalue weighted by Gasteiger charge is 2.13. The van der Waals surface area contributed by atoms with Gasteiger partial charge < -0.3 is 9.26 Å². The van der Waals surface area contributed by atoms with Crippen LogP contribution in [0.25, 0.3) is 11.4 Å². The van der Waals surface area contributed by atoms with Crippen LogP contribution in [0.2, 0.25) is 0 Å². The highest BCUT2D eigenvalue weighted by molar-refractivity contribution is 7.08. The van der Waals surface area contributed by atoms with Crippen molar-refractivity contribution in [3.05, 3.63) is 58.4 Å². The number of carbonyl (C=O) groups is 1. The van der Waals surface area contributed by atoms with Crippen LogP contribution in [-0.2, 0) is 11.3 Å². The second-order valence-corrected chi connectivity index (χ2v) is 4.89. The van der Waals surface area contributed by atoms with Crippen LogP contribution in [-0.4, -0.2) is 16.1 Å². The molecule has 0 amide bonds. The van der Waals surface area contributed by atoms with E-state index < -0.39 is 11.8 Å². The fraction of sp³-hybridized carbons (Fsp3) is 0.0714. The Morgan fingerprint density at radius 2 is 2.29 bits per heavy atom. The summed E-state index contributed by atoms with van der Waals surface area (Å²) in [5, 5.41) is 7.57. The van der Waals surface area contributed by atoms with E-state index in [0.717, 1.165) is 11.6 Å². The van der Waals surface area contributed by atoms with Crippen LogP contribution in [0.1, 0.15) is 16.2 Å². The molecule has 0 unspecified atom stereocenters. The molecule has 0 atom stereocenters. The monoisotopic (exact) mass is 304 g/mol. The Morgan fingerprint density at radius 1 is 1.38 bits per heavy atom. The molecule has 0 saturated heterocycles. The summed E-state index contributed by atoms with van der Waals surface area (Å²) >= 11 is 1.52. The third kappa shape index (κ3) is 3.14. The van der Waals surface area contributed by atoms with Crippen LogP contribution in [0, 0.1) is 5.82 Å². The molecule has 0 fully saturated rings. The average molecular weight is 304 g/mol. The second kappa shape index (κ2) is 5.84. The molecule has 0 bridgehead atoms. The molecule has 0 aliphatic rings. The van der Waals surface area contributed by atoms with Gasteiger partial charge in [0, 0.05) is 10.9 Å². The number of ether oxygens (including phenoxy) is 1. The molecule has 3 aromatic rings. The molecule has 7 heteroatoms. The maximum atomic E-state index is 13.0. The molecule has 1 aromatic carbocycles. The lowest BCUT2D eigenvalue weighted by atomic mass is 10.2. The van der Waals surface area contributed by atoms with Gasteiger partial charge in [0.15, 0.2) is 6.61 Å². The first-order chi connectivity index (χ1) is 10.2. The third-order valence-corrected chi connectivity index (χ3v) is 3.32. The fourth-order valence-electron chi connectivity index (χ4n) is 1.65. The molecular weight excluding hydrogens is 295 g/mol. The Morgan fingerprint density at radius 3 is 3.05 bits per heavy atom. The molecule has 2 heterocycles. The van der Waals surface area contributed by atoms with Crippen molar-refractivity contribution in [3.8, 4) is 11.4 Å². The average Bonchev–Trinajstić information content (AvgIpc) is 3.15. The van der Waals surface area contributed by atoms with Crippen molar-refractivity contribution in [3.63, 3.8) is 0 Å². The molecule has 0 aliphatic heterocycles. The quantitative estimate of drug-likeness (QED) is 0.692. The Hall–Kier alpha value is -2.54. The minimum atomic E-state index is -0.648. The normalized spacial score (nSPS) is 10.5. The van der Waals surface area contributed by atoms with E-state index in [0.29, 0.717) is 5.82 Å². The SMILES string of the molecule is O=C(OCc1nc(-c2ccsc2)no1)c1cccc(F)c1. The van der Waals surface area contributed by atoms with E-state index in [4.69, 9.17) is 9.26 Å². The summed E-state index contributed by atoms with van der Waals surface area (Å²) in [5.41, 5.74) is 0.971. The van der Waals surface area contributed by atoms with Crippen LogP contribution in [0.4, 0.5) is 4.39 Å². The molecule has 5 nitrogen and oxygen atoms in total. The third-order valence-electron chi connectivity index (χ3n) is 2.63. The molecule has 0 aliphatic carbocycles. The van der Waals surface area contributed by atoms with Gasteiger partial charge in [-0.1, -0.05) is 11.2 Å². The van der Waals surface area contributed by atoms with Gasteiger partial charge in [-0.25, -0.2) is 9.18 Å². The number of carbonyl (C=O) groups excluding carboxylic acids is 1. The smallest absolute Gasteiger partial charge is 0.338 e. The van der Waals surface area contributed by atoms with Crippen molar-refractivity contribution in [2.45, 2.75) is 6.61 Å². The number of esters is 1. The predicted octanol–water partition coefficient (Wildman–Crippen LogP) is 3.29. The molecule has 3 rings (SSSR count). The minimum absolute atomic E-state index is 0.132. The number of benzene rings is 1. The number of hydrogen-bond acceptors (Lipinski definition) is 6. The number of hydrogen-bond donors (Lipinski definition) is 0. The maximum absolute atomic E-state index is 13.0. The lowest BCUT2D eigenvalue weighted by molar-refractivity contribution is 0.0429. The van der Waals surface area contributed by atoms with Crippen molar-refractivity contribution in [1.29, 1.82) is 0 Å². The lowest BCUT2D eigenvalue weighted by Gasteiger charge is -2.01. The Bertz CT molecular complexity index is 755. The molecule has 0 spiro atoms. The summed E-state index contributed by atoms with van der Waals surface area (Å²) in [6, 6.07) is 7.12. The van der Waals surface area contributed by atoms with Gasteiger partial charge in [-0.05, 0) is 29.6 Å². The first kappa shape index (κ1) is 13.4. The van der Waals surface area contributed by atoms with E-state index in [1.54, 1.807) is 0 Å². The summed E-state index contributed by atoms with van der Waals surface area (Å²) in [4.78, 5) is 15.8. The Labute approximate surface area is 123 Å². The lowest BCUT2D eigenvalue weighted by Crippen LogP contribution is -2.05. The van der Waals surface area contributed by atoms with Gasteiger partial charge in [-0.15, -0.1) is 0 Å². The van der Waals surface area contributed by atoms with E-state index in [9.17, 15) is 9.18 Å². The molecule has 0 saturated carbocycles. The van der Waals surface area contributed by atoms with E-state index in [1.165, 1.54) is 29.5 Å². The van der Waals surface area contributed by atoms with E-state index in [-0.39, 0.29) is 18.1 Å². The molecule has 2 aromatic heterocycles. The van der Waals surface area contributed by atoms with Gasteiger partial charge in [-0.3, -0.25) is 0 Å². The summed E-state index contributed by atoms with van der Waals surface area (Å²) in [7, 11) is 0. The van der Waals surface area contributed by atoms with Gasteiger partial charge >= 0.3 is 5.97 Å². The Kier molecular flexibility index (Phi) is 3.74. The van der Waals surface area contributed by atoms with Gasteiger partial charge in [0.1, 0.15) is 5.82 Å². The van der Waals surface area contributed by atoms with Crippen molar-refractivity contribution in [2.24, 2.45) is 0 Å². The largest absolute Gasteiger partial charge is 0.452 e. The summed E-state index contributed by atoms with van der Waals surface area (Å²) in [6.07, 6.45) is 0. The summed E-state index contributed by atoms with van der Waals surface area (Å²) in [6.45, 7) is -0.160. The fourth-order valence-corrected chi connectivity index (χ4v) is 2.28. The van der Waals surface area contributed by atoms with Gasteiger partial charge in [0.25, 0.3) is 5.89 Å². The zero-order valence-corrected chi connectivity index (χ0v) is 11.5. The van der Waals surface area contributed by atoms with Crippen molar-refractivity contribution >= 4 is 17.3 Å². The first-order valence-electron chi connectivity index (χ1n) is 6.00. The zero-order valence-electron chi connectivity index (χ0n) is 10.7. The first-order valence-corrected chi connectivity index (χ1v) is 6.94. The van der Waals surface area contributed by atoms with Crippen LogP contribution < -0.4 is 0 Å². The second-order valence-electron chi connectivity index (χ2n) is 4.11. The number of thiophene rings is 1. The Balaban J connectivity index is 1.64. The minimum Gasteiger partial charge on any atom is -0.452 e. The number of rotatable bonds is 4. The molecule has 21 heavy (non-hydrogen) atoms. The number of aromatic nitrogens is 2. The van der Waals surface area contributed by atoms with Crippen molar-refractivity contribution in [1.82, 2.24) is 10.1 Å². The van der Waals surface area contributed by atoms with Crippen molar-refractivity contribution < 1.29 is 18.4 Å². The standard InChI is InChI=1S/C14H9FN2O3S/c15-11-3-1-2-9(6-11)14(18)19-7-12-16-13(17-20-12)10-4-5-21-8-10/h1-6,8H,7H2. The molecule has 0 N–H and O–H groups in total. The predicted molar refractivity (Wildman–Crippen MR) is 73.1 cm³/mol. The topological polar surface area (TPSA) is 65.2 Å². The number of nitrogens with zero attached hydrogens (tertiary/aromatic N) is 2. The van der Waals surface area contributed by atoms with Gasteiger partial charge in [0.2, 0.25) is 5.82 Å². The van der Waals surface area contributed by atoms with Crippen LogP contribution in [0.3, 0.4) is 0 Å². The zero-order chi connectivity index (χ0) is 14.7. The van der Waals surface area contributed by atoms with Gasteiger partial charge in [-0.2, -0.15) is 16.3 Å². The highest BCUT2D eigenvalue weighted by atomic mass is 32.1. The molecular formula is C14H9FN2O3S. The van der Waals surface area contributed by atoms with Crippen molar-refractivity contribution in [2.75, 3.05) is 0 Å². The summed E-state index contributed by atoms with van der Waals surface area (Å²) < 4.78 is 23.0.